The van der Waals surface area contributed by atoms with Crippen LogP contribution in [0, 0.1) is 19.8 Å². The second-order valence-corrected chi connectivity index (χ2v) is 9.36. The molecular formula is C23H25N3O3S. The van der Waals surface area contributed by atoms with Crippen molar-refractivity contribution < 1.29 is 14.4 Å². The zero-order valence-electron chi connectivity index (χ0n) is 17.3. The minimum Gasteiger partial charge on any atom is -0.325 e. The van der Waals surface area contributed by atoms with E-state index < -0.39 is 17.5 Å². The minimum atomic E-state index is -0.871. The third-order valence-corrected chi connectivity index (χ3v) is 6.87. The van der Waals surface area contributed by atoms with Gasteiger partial charge in [0.15, 0.2) is 0 Å². The molecule has 2 N–H and O–H groups in total. The molecule has 2 fully saturated rings. The number of carbonyl (C=O) groups is 3. The van der Waals surface area contributed by atoms with Gasteiger partial charge in [-0.1, -0.05) is 23.9 Å². The molecule has 1 aliphatic heterocycles. The summed E-state index contributed by atoms with van der Waals surface area (Å²) in [6.07, 6.45) is 1.85. The Kier molecular flexibility index (Phi) is 5.32. The normalized spacial score (nSPS) is 21.0. The number of urea groups is 1. The van der Waals surface area contributed by atoms with Crippen molar-refractivity contribution in [2.24, 2.45) is 5.92 Å². The van der Waals surface area contributed by atoms with Crippen molar-refractivity contribution in [3.63, 3.8) is 0 Å². The molecule has 30 heavy (non-hydrogen) atoms. The molecule has 2 aliphatic rings. The molecule has 1 heterocycles. The zero-order chi connectivity index (χ0) is 21.5. The van der Waals surface area contributed by atoms with Gasteiger partial charge in [-0.2, -0.15) is 0 Å². The van der Waals surface area contributed by atoms with E-state index in [2.05, 4.69) is 42.7 Å². The van der Waals surface area contributed by atoms with E-state index in [0.717, 1.165) is 22.6 Å². The molecule has 1 aliphatic carbocycles. The molecule has 7 heteroatoms. The van der Waals surface area contributed by atoms with Gasteiger partial charge in [-0.3, -0.25) is 14.5 Å². The highest BCUT2D eigenvalue weighted by molar-refractivity contribution is 7.99. The number of nitrogens with zero attached hydrogens (tertiary/aromatic N) is 1. The second-order valence-electron chi connectivity index (χ2n) is 8.24. The molecule has 6 nitrogen and oxygen atoms in total. The SMILES string of the molecule is Cc1ccc(C)c(Sc2ccc(NC(=O)CN3C(=O)NC(C)(C4CC4)C3=O)cc2)c1. The summed E-state index contributed by atoms with van der Waals surface area (Å²) in [5, 5.41) is 5.53. The monoisotopic (exact) mass is 423 g/mol. The van der Waals surface area contributed by atoms with Crippen LogP contribution in [0.3, 0.4) is 0 Å². The van der Waals surface area contributed by atoms with Crippen LogP contribution in [0.1, 0.15) is 30.9 Å². The highest BCUT2D eigenvalue weighted by Gasteiger charge is 2.56. The van der Waals surface area contributed by atoms with Crippen molar-refractivity contribution in [3.8, 4) is 0 Å². The number of carbonyl (C=O) groups excluding carboxylic acids is 3. The summed E-state index contributed by atoms with van der Waals surface area (Å²) >= 11 is 1.67. The van der Waals surface area contributed by atoms with Gasteiger partial charge in [-0.05, 0) is 81.0 Å². The molecule has 0 spiro atoms. The first-order chi connectivity index (χ1) is 14.3. The van der Waals surface area contributed by atoms with Crippen LogP contribution in [0.25, 0.3) is 0 Å². The maximum absolute atomic E-state index is 12.6. The number of nitrogens with one attached hydrogen (secondary N) is 2. The van der Waals surface area contributed by atoms with Gasteiger partial charge < -0.3 is 10.6 Å². The highest BCUT2D eigenvalue weighted by Crippen LogP contribution is 2.42. The number of amides is 4. The van der Waals surface area contributed by atoms with Crippen LogP contribution in [-0.4, -0.2) is 34.8 Å². The number of benzene rings is 2. The molecule has 4 rings (SSSR count). The quantitative estimate of drug-likeness (QED) is 0.686. The number of aryl methyl sites for hydroxylation is 2. The van der Waals surface area contributed by atoms with E-state index in [1.165, 1.54) is 16.0 Å². The van der Waals surface area contributed by atoms with Crippen molar-refractivity contribution in [1.82, 2.24) is 10.2 Å². The Morgan fingerprint density at radius 1 is 1.17 bits per heavy atom. The van der Waals surface area contributed by atoms with Crippen molar-refractivity contribution in [1.29, 1.82) is 0 Å². The van der Waals surface area contributed by atoms with E-state index >= 15 is 0 Å². The van der Waals surface area contributed by atoms with Crippen molar-refractivity contribution in [2.75, 3.05) is 11.9 Å². The zero-order valence-corrected chi connectivity index (χ0v) is 18.1. The van der Waals surface area contributed by atoms with Crippen LogP contribution in [0.4, 0.5) is 10.5 Å². The predicted molar refractivity (Wildman–Crippen MR) is 116 cm³/mol. The lowest BCUT2D eigenvalue weighted by atomic mass is 9.96. The average Bonchev–Trinajstić information content (AvgIpc) is 3.52. The molecule has 0 aromatic heterocycles. The summed E-state index contributed by atoms with van der Waals surface area (Å²) in [4.78, 5) is 40.5. The summed E-state index contributed by atoms with van der Waals surface area (Å²) in [5.41, 5.74) is 2.19. The van der Waals surface area contributed by atoms with E-state index in [1.807, 2.05) is 24.3 Å². The Bertz CT molecular complexity index is 1020. The standard InChI is InChI=1S/C23H25N3O3S/c1-14-4-5-15(2)19(12-14)30-18-10-8-17(9-11-18)24-20(27)13-26-21(28)23(3,16-6-7-16)25-22(26)29/h4-5,8-12,16H,6-7,13H2,1-3H3,(H,24,27)(H,25,29). The lowest BCUT2D eigenvalue weighted by Gasteiger charge is -2.20. The number of rotatable bonds is 6. The molecule has 1 atom stereocenters. The Morgan fingerprint density at radius 3 is 2.53 bits per heavy atom. The van der Waals surface area contributed by atoms with Crippen molar-refractivity contribution in [3.05, 3.63) is 53.6 Å². The highest BCUT2D eigenvalue weighted by atomic mass is 32.2. The van der Waals surface area contributed by atoms with Crippen LogP contribution in [-0.2, 0) is 9.59 Å². The van der Waals surface area contributed by atoms with Gasteiger partial charge in [0.2, 0.25) is 5.91 Å². The van der Waals surface area contributed by atoms with E-state index in [-0.39, 0.29) is 18.4 Å². The van der Waals surface area contributed by atoms with Gasteiger partial charge in [0.25, 0.3) is 5.91 Å². The molecule has 0 radical (unpaired) electrons. The fraction of sp³-hybridized carbons (Fsp3) is 0.348. The third-order valence-electron chi connectivity index (χ3n) is 5.71. The summed E-state index contributed by atoms with van der Waals surface area (Å²) < 4.78 is 0. The van der Waals surface area contributed by atoms with E-state index in [0.29, 0.717) is 5.69 Å². The molecular weight excluding hydrogens is 398 g/mol. The Morgan fingerprint density at radius 2 is 1.87 bits per heavy atom. The second kappa shape index (κ2) is 7.80. The maximum atomic E-state index is 12.6. The van der Waals surface area contributed by atoms with Crippen LogP contribution in [0.5, 0.6) is 0 Å². The van der Waals surface area contributed by atoms with Crippen molar-refractivity contribution >= 4 is 35.3 Å². The molecule has 156 valence electrons. The van der Waals surface area contributed by atoms with Gasteiger partial charge in [0.05, 0.1) is 0 Å². The van der Waals surface area contributed by atoms with E-state index in [1.54, 1.807) is 18.7 Å². The smallest absolute Gasteiger partial charge is 0.325 e. The topological polar surface area (TPSA) is 78.5 Å². The van der Waals surface area contributed by atoms with Gasteiger partial charge >= 0.3 is 6.03 Å². The van der Waals surface area contributed by atoms with Gasteiger partial charge in [-0.25, -0.2) is 4.79 Å². The lowest BCUT2D eigenvalue weighted by Crippen LogP contribution is -2.46. The first-order valence-corrected chi connectivity index (χ1v) is 10.9. The average molecular weight is 424 g/mol. The maximum Gasteiger partial charge on any atom is 0.325 e. The molecule has 2 aromatic carbocycles. The fourth-order valence-electron chi connectivity index (χ4n) is 3.69. The predicted octanol–water partition coefficient (Wildman–Crippen LogP) is 4.11. The van der Waals surface area contributed by atoms with Crippen LogP contribution in [0.2, 0.25) is 0 Å². The number of imide groups is 1. The Hall–Kier alpha value is -2.80. The first-order valence-electron chi connectivity index (χ1n) is 10.1. The Balaban J connectivity index is 1.36. The largest absolute Gasteiger partial charge is 0.325 e. The van der Waals surface area contributed by atoms with Gasteiger partial charge in [0, 0.05) is 15.5 Å². The van der Waals surface area contributed by atoms with Crippen LogP contribution < -0.4 is 10.6 Å². The first kappa shape index (κ1) is 20.5. The number of hydrogen-bond acceptors (Lipinski definition) is 4. The van der Waals surface area contributed by atoms with Crippen LogP contribution >= 0.6 is 11.8 Å². The summed E-state index contributed by atoms with van der Waals surface area (Å²) in [7, 11) is 0. The summed E-state index contributed by atoms with van der Waals surface area (Å²) in [6.45, 7) is 5.61. The molecule has 4 amide bonds. The van der Waals surface area contributed by atoms with Gasteiger partial charge in [0.1, 0.15) is 12.1 Å². The van der Waals surface area contributed by atoms with Crippen LogP contribution in [0.15, 0.2) is 52.3 Å². The third kappa shape index (κ3) is 4.07. The Labute approximate surface area is 180 Å². The molecule has 2 aromatic rings. The molecule has 1 unspecified atom stereocenters. The summed E-state index contributed by atoms with van der Waals surface area (Å²) in [6, 6.07) is 13.4. The lowest BCUT2D eigenvalue weighted by molar-refractivity contribution is -0.134. The molecule has 1 saturated heterocycles. The molecule has 0 bridgehead atoms. The number of hydrogen-bond donors (Lipinski definition) is 2. The van der Waals surface area contributed by atoms with Crippen molar-refractivity contribution in [2.45, 2.75) is 48.9 Å². The fourth-order valence-corrected chi connectivity index (χ4v) is 4.69. The molecule has 1 saturated carbocycles. The minimum absolute atomic E-state index is 0.170. The number of anilines is 1. The summed E-state index contributed by atoms with van der Waals surface area (Å²) in [5.74, 6) is -0.539. The van der Waals surface area contributed by atoms with Gasteiger partial charge in [-0.15, -0.1) is 0 Å². The van der Waals surface area contributed by atoms with E-state index in [4.69, 9.17) is 0 Å². The van der Waals surface area contributed by atoms with E-state index in [9.17, 15) is 14.4 Å².